The second-order valence-electron chi connectivity index (χ2n) is 11.7. The SMILES string of the molecule is C.C.CC(C)(C)c1ccc(-c2nc3ccccc3[nH]2)cc1.CC(C)(C)c1ccc(C=O)cc1.Nc1ccccc1[N+](=O)[O-]. The summed E-state index contributed by atoms with van der Waals surface area (Å²) in [5.74, 6) is 0.932. The third kappa shape index (κ3) is 10.2. The van der Waals surface area contributed by atoms with Crippen LogP contribution < -0.4 is 5.73 Å². The van der Waals surface area contributed by atoms with Crippen molar-refractivity contribution in [3.8, 4) is 11.4 Å². The van der Waals surface area contributed by atoms with Gasteiger partial charge in [0.2, 0.25) is 0 Å². The summed E-state index contributed by atoms with van der Waals surface area (Å²) in [6, 6.07) is 30.6. The molecule has 3 N–H and O–H groups in total. The van der Waals surface area contributed by atoms with Gasteiger partial charge < -0.3 is 10.7 Å². The minimum Gasteiger partial charge on any atom is -0.393 e. The molecule has 0 spiro atoms. The summed E-state index contributed by atoms with van der Waals surface area (Å²) in [6.45, 7) is 13.1. The van der Waals surface area contributed by atoms with Crippen LogP contribution in [-0.4, -0.2) is 21.2 Å². The quantitative estimate of drug-likeness (QED) is 0.0951. The van der Waals surface area contributed by atoms with Crippen molar-refractivity contribution in [2.45, 2.75) is 67.2 Å². The van der Waals surface area contributed by atoms with Gasteiger partial charge in [-0.15, -0.1) is 0 Å². The van der Waals surface area contributed by atoms with Crippen molar-refractivity contribution in [2.24, 2.45) is 0 Å². The number of imidazole rings is 1. The molecule has 4 aromatic carbocycles. The molecule has 1 aromatic heterocycles. The first-order valence-corrected chi connectivity index (χ1v) is 13.4. The summed E-state index contributed by atoms with van der Waals surface area (Å²) in [4.78, 5) is 28.0. The summed E-state index contributed by atoms with van der Waals surface area (Å²) in [5.41, 5.74) is 12.4. The smallest absolute Gasteiger partial charge is 0.292 e. The summed E-state index contributed by atoms with van der Waals surface area (Å²) < 4.78 is 0. The van der Waals surface area contributed by atoms with Crippen LogP contribution in [0.5, 0.6) is 0 Å². The Morgan fingerprint density at radius 3 is 1.67 bits per heavy atom. The van der Waals surface area contributed by atoms with Gasteiger partial charge in [0, 0.05) is 17.2 Å². The van der Waals surface area contributed by atoms with Crippen LogP contribution in [0, 0.1) is 10.1 Å². The van der Waals surface area contributed by atoms with Gasteiger partial charge in [-0.3, -0.25) is 14.9 Å². The molecule has 0 unspecified atom stereocenters. The highest BCUT2D eigenvalue weighted by atomic mass is 16.6. The maximum absolute atomic E-state index is 10.4. The Morgan fingerprint density at radius 1 is 0.744 bits per heavy atom. The minimum atomic E-state index is -0.505. The maximum Gasteiger partial charge on any atom is 0.292 e. The summed E-state index contributed by atoms with van der Waals surface area (Å²) in [5, 5.41) is 10.1. The number of nitrogens with two attached hydrogens (primary N) is 1. The second kappa shape index (κ2) is 15.4. The van der Waals surface area contributed by atoms with E-state index in [0.717, 1.165) is 34.3 Å². The minimum absolute atomic E-state index is 0. The van der Waals surface area contributed by atoms with Crippen LogP contribution in [0.1, 0.15) is 77.9 Å². The van der Waals surface area contributed by atoms with E-state index < -0.39 is 4.92 Å². The van der Waals surface area contributed by atoms with Gasteiger partial charge in [-0.05, 0) is 40.2 Å². The third-order valence-corrected chi connectivity index (χ3v) is 6.46. The van der Waals surface area contributed by atoms with Crippen LogP contribution in [0.3, 0.4) is 0 Å². The Kier molecular flexibility index (Phi) is 13.0. The first kappa shape index (κ1) is 36.2. The number of carbonyl (C=O) groups is 1. The zero-order valence-electron chi connectivity index (χ0n) is 24.5. The third-order valence-electron chi connectivity index (χ3n) is 6.46. The fourth-order valence-corrected chi connectivity index (χ4v) is 3.93. The van der Waals surface area contributed by atoms with Gasteiger partial charge in [0.25, 0.3) is 5.69 Å². The first-order valence-electron chi connectivity index (χ1n) is 13.4. The first-order chi connectivity index (χ1) is 19.3. The number of carbonyl (C=O) groups excluding carboxylic acids is 1. The number of para-hydroxylation sites is 4. The van der Waals surface area contributed by atoms with Crippen LogP contribution in [0.15, 0.2) is 97.1 Å². The number of fused-ring (bicyclic) bond motifs is 1. The number of H-pyrrole nitrogens is 1. The number of nitrogens with one attached hydrogen (secondary N) is 1. The van der Waals surface area contributed by atoms with Crippen molar-refractivity contribution < 1.29 is 9.72 Å². The molecule has 0 aliphatic carbocycles. The average Bonchev–Trinajstić information content (AvgIpc) is 3.38. The number of nitrogens with zero attached hydrogens (tertiary/aromatic N) is 2. The van der Waals surface area contributed by atoms with Gasteiger partial charge >= 0.3 is 0 Å². The van der Waals surface area contributed by atoms with Gasteiger partial charge in [-0.2, -0.15) is 0 Å². The molecular weight excluding hydrogens is 536 g/mol. The monoisotopic (exact) mass is 582 g/mol. The van der Waals surface area contributed by atoms with Gasteiger partial charge in [-0.1, -0.05) is 129 Å². The number of aldehydes is 1. The molecule has 0 amide bonds. The molecule has 0 fully saturated rings. The van der Waals surface area contributed by atoms with E-state index in [2.05, 4.69) is 81.8 Å². The maximum atomic E-state index is 10.4. The number of aromatic nitrogens is 2. The highest BCUT2D eigenvalue weighted by Gasteiger charge is 2.14. The van der Waals surface area contributed by atoms with E-state index in [1.807, 2.05) is 42.5 Å². The molecule has 228 valence electrons. The zero-order chi connectivity index (χ0) is 30.2. The Labute approximate surface area is 256 Å². The van der Waals surface area contributed by atoms with Gasteiger partial charge in [0.1, 0.15) is 17.8 Å². The Bertz CT molecular complexity index is 1560. The molecule has 0 bridgehead atoms. The lowest BCUT2D eigenvalue weighted by Crippen LogP contribution is -2.10. The molecule has 7 nitrogen and oxygen atoms in total. The van der Waals surface area contributed by atoms with Crippen molar-refractivity contribution in [1.82, 2.24) is 9.97 Å². The van der Waals surface area contributed by atoms with Crippen molar-refractivity contribution in [1.29, 1.82) is 0 Å². The molecule has 5 rings (SSSR count). The molecule has 7 heteroatoms. The molecule has 0 aliphatic heterocycles. The molecule has 5 aromatic rings. The van der Waals surface area contributed by atoms with E-state index in [0.29, 0.717) is 0 Å². The molecular formula is C36H46N4O3. The number of hydrogen-bond donors (Lipinski definition) is 2. The second-order valence-corrected chi connectivity index (χ2v) is 11.7. The molecule has 0 aliphatic rings. The topological polar surface area (TPSA) is 115 Å². The van der Waals surface area contributed by atoms with Crippen LogP contribution in [0.2, 0.25) is 0 Å². The van der Waals surface area contributed by atoms with E-state index in [4.69, 9.17) is 5.73 Å². The normalized spacial score (nSPS) is 10.6. The molecule has 0 saturated carbocycles. The van der Waals surface area contributed by atoms with Crippen molar-refractivity contribution in [3.05, 3.63) is 124 Å². The summed E-state index contributed by atoms with van der Waals surface area (Å²) in [7, 11) is 0. The van der Waals surface area contributed by atoms with E-state index >= 15 is 0 Å². The summed E-state index contributed by atoms with van der Waals surface area (Å²) in [6.07, 6.45) is 0.867. The molecule has 1 heterocycles. The number of nitro benzene ring substituents is 1. The van der Waals surface area contributed by atoms with Crippen molar-refractivity contribution in [3.63, 3.8) is 0 Å². The average molecular weight is 583 g/mol. The van der Waals surface area contributed by atoms with Crippen molar-refractivity contribution in [2.75, 3.05) is 5.73 Å². The number of hydrogen-bond acceptors (Lipinski definition) is 5. The molecule has 0 saturated heterocycles. The number of nitrogen functional groups attached to an aromatic ring is 1. The Hall–Kier alpha value is -4.78. The van der Waals surface area contributed by atoms with Crippen LogP contribution in [-0.2, 0) is 10.8 Å². The predicted octanol–water partition coefficient (Wildman–Crippen LogP) is 9.77. The van der Waals surface area contributed by atoms with E-state index in [1.165, 1.54) is 23.3 Å². The number of aromatic amines is 1. The van der Waals surface area contributed by atoms with E-state index in [1.54, 1.807) is 12.1 Å². The zero-order valence-corrected chi connectivity index (χ0v) is 24.5. The van der Waals surface area contributed by atoms with E-state index in [9.17, 15) is 14.9 Å². The fraction of sp³-hybridized carbons (Fsp3) is 0.278. The molecule has 0 atom stereocenters. The fourth-order valence-electron chi connectivity index (χ4n) is 3.93. The summed E-state index contributed by atoms with van der Waals surface area (Å²) >= 11 is 0. The molecule has 0 radical (unpaired) electrons. The van der Waals surface area contributed by atoms with Crippen molar-refractivity contribution >= 4 is 28.7 Å². The lowest BCUT2D eigenvalue weighted by Gasteiger charge is -2.18. The van der Waals surface area contributed by atoms with Gasteiger partial charge in [0.05, 0.1) is 16.0 Å². The lowest BCUT2D eigenvalue weighted by atomic mass is 9.87. The molecule has 43 heavy (non-hydrogen) atoms. The predicted molar refractivity (Wildman–Crippen MR) is 182 cm³/mol. The number of benzene rings is 4. The highest BCUT2D eigenvalue weighted by molar-refractivity contribution is 5.79. The van der Waals surface area contributed by atoms with Gasteiger partial charge in [-0.25, -0.2) is 4.98 Å². The van der Waals surface area contributed by atoms with Crippen LogP contribution >= 0.6 is 0 Å². The number of nitro groups is 1. The highest BCUT2D eigenvalue weighted by Crippen LogP contribution is 2.26. The van der Waals surface area contributed by atoms with Crippen LogP contribution in [0.4, 0.5) is 11.4 Å². The standard InChI is InChI=1S/C17H18N2.C11H14O.C6H6N2O2.2CH4/c1-17(2,3)13-10-8-12(9-11-13)16-18-14-6-4-5-7-15(14)19-16;1-11(2,3)10-6-4-9(8-12)5-7-10;7-5-3-1-2-4-6(5)8(9)10;;/h4-11H,1-3H3,(H,18,19);4-8H,1-3H3;1-4H,7H2;2*1H4. The van der Waals surface area contributed by atoms with Crippen LogP contribution in [0.25, 0.3) is 22.4 Å². The van der Waals surface area contributed by atoms with Gasteiger partial charge in [0.15, 0.2) is 0 Å². The number of anilines is 1. The number of rotatable bonds is 3. The Morgan fingerprint density at radius 2 is 1.23 bits per heavy atom. The van der Waals surface area contributed by atoms with E-state index in [-0.39, 0.29) is 37.1 Å². The lowest BCUT2D eigenvalue weighted by molar-refractivity contribution is -0.383. The Balaban J connectivity index is 0.000000337. The largest absolute Gasteiger partial charge is 0.393 e.